The first-order valence-corrected chi connectivity index (χ1v) is 9.84. The van der Waals surface area contributed by atoms with Crippen molar-refractivity contribution in [1.29, 1.82) is 0 Å². The van der Waals surface area contributed by atoms with Crippen LogP contribution in [0.1, 0.15) is 45.6 Å². The van der Waals surface area contributed by atoms with Crippen molar-refractivity contribution in [2.24, 2.45) is 12.2 Å². The molecule has 3 aromatic rings. The van der Waals surface area contributed by atoms with E-state index in [1.807, 2.05) is 18.2 Å². The Morgan fingerprint density at radius 1 is 1.04 bits per heavy atom. The van der Waals surface area contributed by atoms with Crippen LogP contribution < -0.4 is 0 Å². The third-order valence-corrected chi connectivity index (χ3v) is 5.90. The molecule has 0 fully saturated rings. The van der Waals surface area contributed by atoms with E-state index >= 15 is 0 Å². The predicted molar refractivity (Wildman–Crippen MR) is 111 cm³/mol. The van der Waals surface area contributed by atoms with Crippen LogP contribution in [-0.2, 0) is 31.1 Å². The van der Waals surface area contributed by atoms with Crippen molar-refractivity contribution in [3.05, 3.63) is 82.6 Å². The third-order valence-electron chi connectivity index (χ3n) is 5.90. The van der Waals surface area contributed by atoms with Crippen LogP contribution in [0, 0.1) is 0 Å². The van der Waals surface area contributed by atoms with Gasteiger partial charge >= 0.3 is 5.97 Å². The number of aryl methyl sites for hydroxylation is 1. The Balaban J connectivity index is 1.50. The number of fused-ring (bicyclic) bond motifs is 4. The van der Waals surface area contributed by atoms with Gasteiger partial charge in [0.1, 0.15) is 0 Å². The summed E-state index contributed by atoms with van der Waals surface area (Å²) in [6.07, 6.45) is 8.74. The van der Waals surface area contributed by atoms with Gasteiger partial charge in [0.2, 0.25) is 0 Å². The summed E-state index contributed by atoms with van der Waals surface area (Å²) in [7, 11) is 2.10. The molecule has 2 aliphatic rings. The highest BCUT2D eigenvalue weighted by Gasteiger charge is 2.24. The molecule has 28 heavy (non-hydrogen) atoms. The fourth-order valence-corrected chi connectivity index (χ4v) is 4.52. The molecule has 1 heterocycles. The van der Waals surface area contributed by atoms with E-state index in [0.717, 1.165) is 48.9 Å². The number of hydrogen-bond donors (Lipinski definition) is 0. The molecule has 0 amide bonds. The maximum Gasteiger partial charge on any atom is 0.366 e. The Bertz CT molecular complexity index is 1150. The van der Waals surface area contributed by atoms with Crippen LogP contribution in [0.3, 0.4) is 0 Å². The zero-order valence-electron chi connectivity index (χ0n) is 15.9. The molecule has 2 aromatic carbocycles. The zero-order valence-corrected chi connectivity index (χ0v) is 15.9. The lowest BCUT2D eigenvalue weighted by Gasteiger charge is -2.16. The Kier molecular flexibility index (Phi) is 4.12. The van der Waals surface area contributed by atoms with E-state index in [1.54, 1.807) is 0 Å². The SMILES string of the molecule is Cn1c2c(c3ccccc31)/C(=N/OC(=O)c1cccc3c1CC=CC3)CCC2. The van der Waals surface area contributed by atoms with Gasteiger partial charge in [-0.15, -0.1) is 0 Å². The molecule has 0 saturated heterocycles. The summed E-state index contributed by atoms with van der Waals surface area (Å²) >= 11 is 0. The molecule has 0 spiro atoms. The highest BCUT2D eigenvalue weighted by atomic mass is 16.7. The number of hydrogen-bond acceptors (Lipinski definition) is 3. The van der Waals surface area contributed by atoms with Gasteiger partial charge in [-0.1, -0.05) is 47.6 Å². The Morgan fingerprint density at radius 2 is 1.89 bits per heavy atom. The van der Waals surface area contributed by atoms with Crippen molar-refractivity contribution in [2.75, 3.05) is 0 Å². The van der Waals surface area contributed by atoms with Gasteiger partial charge in [-0.2, -0.15) is 0 Å². The number of nitrogens with zero attached hydrogens (tertiary/aromatic N) is 2. The highest BCUT2D eigenvalue weighted by molar-refractivity contribution is 6.13. The topological polar surface area (TPSA) is 43.6 Å². The molecule has 1 aromatic heterocycles. The molecule has 4 heteroatoms. The van der Waals surface area contributed by atoms with E-state index in [-0.39, 0.29) is 5.97 Å². The summed E-state index contributed by atoms with van der Waals surface area (Å²) in [6.45, 7) is 0. The molecular formula is C24H22N2O2. The Labute approximate surface area is 164 Å². The van der Waals surface area contributed by atoms with Crippen LogP contribution in [-0.4, -0.2) is 16.2 Å². The van der Waals surface area contributed by atoms with Gasteiger partial charge in [-0.3, -0.25) is 0 Å². The van der Waals surface area contributed by atoms with Crippen molar-refractivity contribution >= 4 is 22.6 Å². The lowest BCUT2D eigenvalue weighted by molar-refractivity contribution is 0.0514. The van der Waals surface area contributed by atoms with Crippen molar-refractivity contribution in [3.63, 3.8) is 0 Å². The van der Waals surface area contributed by atoms with Crippen molar-refractivity contribution in [3.8, 4) is 0 Å². The first kappa shape index (κ1) is 17.0. The van der Waals surface area contributed by atoms with Gasteiger partial charge in [0.05, 0.1) is 11.3 Å². The number of carbonyl (C=O) groups is 1. The standard InChI is InChI=1S/C24H22N2O2/c1-26-21-14-5-4-11-19(21)23-20(13-7-15-22(23)26)25-28-24(27)18-12-6-9-16-8-2-3-10-17(16)18/h2-6,9,11-12,14H,7-8,10,13,15H2,1H3/b25-20+. The molecule has 2 aliphatic carbocycles. The van der Waals surface area contributed by atoms with E-state index in [2.05, 4.69) is 53.2 Å². The summed E-state index contributed by atoms with van der Waals surface area (Å²) in [5.74, 6) is -0.369. The minimum absolute atomic E-state index is 0.369. The summed E-state index contributed by atoms with van der Waals surface area (Å²) in [6, 6.07) is 14.2. The number of oxime groups is 1. The fourth-order valence-electron chi connectivity index (χ4n) is 4.52. The van der Waals surface area contributed by atoms with Gasteiger partial charge in [-0.25, -0.2) is 4.79 Å². The van der Waals surface area contributed by atoms with Gasteiger partial charge in [0.15, 0.2) is 0 Å². The molecule has 140 valence electrons. The maximum absolute atomic E-state index is 12.8. The average molecular weight is 370 g/mol. The molecular weight excluding hydrogens is 348 g/mol. The number of carbonyl (C=O) groups excluding carboxylic acids is 1. The van der Waals surface area contributed by atoms with Crippen molar-refractivity contribution in [1.82, 2.24) is 4.57 Å². The monoisotopic (exact) mass is 370 g/mol. The lowest BCUT2D eigenvalue weighted by atomic mass is 9.92. The largest absolute Gasteiger partial charge is 0.366 e. The Morgan fingerprint density at radius 3 is 2.82 bits per heavy atom. The quantitative estimate of drug-likeness (QED) is 0.372. The first-order chi connectivity index (χ1) is 13.7. The minimum atomic E-state index is -0.369. The second kappa shape index (κ2) is 6.79. The molecule has 0 radical (unpaired) electrons. The van der Waals surface area contributed by atoms with E-state index in [1.165, 1.54) is 22.2 Å². The van der Waals surface area contributed by atoms with Crippen LogP contribution in [0.4, 0.5) is 0 Å². The molecule has 0 aliphatic heterocycles. The lowest BCUT2D eigenvalue weighted by Crippen LogP contribution is -2.15. The van der Waals surface area contributed by atoms with Crippen LogP contribution in [0.15, 0.2) is 59.8 Å². The molecule has 0 bridgehead atoms. The van der Waals surface area contributed by atoms with Crippen LogP contribution in [0.25, 0.3) is 10.9 Å². The molecule has 5 rings (SSSR count). The number of aromatic nitrogens is 1. The average Bonchev–Trinajstić information content (AvgIpc) is 3.05. The van der Waals surface area contributed by atoms with E-state index in [0.29, 0.717) is 5.56 Å². The minimum Gasteiger partial charge on any atom is -0.347 e. The Hall–Kier alpha value is -3.14. The summed E-state index contributed by atoms with van der Waals surface area (Å²) in [4.78, 5) is 18.2. The van der Waals surface area contributed by atoms with Crippen molar-refractivity contribution < 1.29 is 9.63 Å². The second-order valence-electron chi connectivity index (χ2n) is 7.49. The summed E-state index contributed by atoms with van der Waals surface area (Å²) in [5.41, 5.74) is 7.34. The number of rotatable bonds is 2. The number of para-hydroxylation sites is 1. The number of allylic oxidation sites excluding steroid dienone is 2. The zero-order chi connectivity index (χ0) is 19.1. The highest BCUT2D eigenvalue weighted by Crippen LogP contribution is 2.32. The van der Waals surface area contributed by atoms with E-state index in [4.69, 9.17) is 4.84 Å². The molecule has 0 N–H and O–H groups in total. The number of benzene rings is 2. The van der Waals surface area contributed by atoms with Crippen LogP contribution >= 0.6 is 0 Å². The molecule has 0 saturated carbocycles. The molecule has 0 unspecified atom stereocenters. The third kappa shape index (κ3) is 2.68. The second-order valence-corrected chi connectivity index (χ2v) is 7.49. The van der Waals surface area contributed by atoms with Crippen LogP contribution in [0.2, 0.25) is 0 Å². The first-order valence-electron chi connectivity index (χ1n) is 9.84. The summed E-state index contributed by atoms with van der Waals surface area (Å²) in [5, 5.41) is 5.53. The molecule has 0 atom stereocenters. The van der Waals surface area contributed by atoms with Gasteiger partial charge < -0.3 is 9.40 Å². The normalized spacial score (nSPS) is 16.8. The molecule has 4 nitrogen and oxygen atoms in total. The predicted octanol–water partition coefficient (Wildman–Crippen LogP) is 4.73. The van der Waals surface area contributed by atoms with E-state index in [9.17, 15) is 4.79 Å². The fraction of sp³-hybridized carbons (Fsp3) is 0.250. The van der Waals surface area contributed by atoms with Crippen molar-refractivity contribution in [2.45, 2.75) is 32.1 Å². The van der Waals surface area contributed by atoms with Gasteiger partial charge in [-0.05, 0) is 55.4 Å². The maximum atomic E-state index is 12.8. The van der Waals surface area contributed by atoms with Crippen LogP contribution in [0.5, 0.6) is 0 Å². The van der Waals surface area contributed by atoms with Gasteiger partial charge in [0.25, 0.3) is 0 Å². The van der Waals surface area contributed by atoms with E-state index < -0.39 is 0 Å². The van der Waals surface area contributed by atoms with Gasteiger partial charge in [0, 0.05) is 29.2 Å². The smallest absolute Gasteiger partial charge is 0.347 e. The summed E-state index contributed by atoms with van der Waals surface area (Å²) < 4.78 is 2.24.